The van der Waals surface area contributed by atoms with E-state index in [0.717, 1.165) is 44.7 Å². The molecule has 7 atom stereocenters. The van der Waals surface area contributed by atoms with Gasteiger partial charge in [-0.2, -0.15) is 0 Å². The first kappa shape index (κ1) is 24.5. The summed E-state index contributed by atoms with van der Waals surface area (Å²) >= 11 is 0. The van der Waals surface area contributed by atoms with Crippen LogP contribution in [0.2, 0.25) is 0 Å². The molecule has 4 aliphatic rings. The minimum absolute atomic E-state index is 0.0441. The number of nitrogens with one attached hydrogen (secondary N) is 2. The van der Waals surface area contributed by atoms with Gasteiger partial charge < -0.3 is 15.7 Å². The monoisotopic (exact) mass is 446 g/mol. The maximum atomic E-state index is 12.0. The van der Waals surface area contributed by atoms with Gasteiger partial charge in [0, 0.05) is 24.4 Å². The highest BCUT2D eigenvalue weighted by Crippen LogP contribution is 2.66. The van der Waals surface area contributed by atoms with Crippen LogP contribution >= 0.6 is 0 Å². The lowest BCUT2D eigenvalue weighted by atomic mass is 9.46. The Morgan fingerprint density at radius 2 is 1.66 bits per heavy atom. The Morgan fingerprint density at radius 3 is 2.44 bits per heavy atom. The highest BCUT2D eigenvalue weighted by Gasteiger charge is 2.64. The van der Waals surface area contributed by atoms with Crippen LogP contribution in [-0.4, -0.2) is 35.7 Å². The van der Waals surface area contributed by atoms with E-state index >= 15 is 0 Å². The number of unbranched alkanes of at least 4 members (excludes halogenated alkanes) is 6. The third kappa shape index (κ3) is 4.40. The number of carbonyl (C=O) groups excluding carboxylic acids is 1. The number of piperidine rings is 1. The molecule has 1 heterocycles. The van der Waals surface area contributed by atoms with E-state index < -0.39 is 5.60 Å². The SMILES string of the molecule is CCCCCCCCCNC[C@@]1(O)CC[C@H]2[C@@H]3CC[C@H]4NC(=O)CC[C@]4(C)[C@H]3CC[C@@]21C. The van der Waals surface area contributed by atoms with Gasteiger partial charge in [0.2, 0.25) is 5.91 Å². The Morgan fingerprint density at radius 1 is 0.938 bits per heavy atom. The summed E-state index contributed by atoms with van der Waals surface area (Å²) in [6.07, 6.45) is 18.0. The summed E-state index contributed by atoms with van der Waals surface area (Å²) in [5.74, 6) is 2.33. The van der Waals surface area contributed by atoms with Crippen LogP contribution in [0.15, 0.2) is 0 Å². The molecule has 0 bridgehead atoms. The van der Waals surface area contributed by atoms with Crippen LogP contribution in [0.4, 0.5) is 0 Å². The van der Waals surface area contributed by atoms with Crippen molar-refractivity contribution in [1.82, 2.24) is 10.6 Å². The van der Waals surface area contributed by atoms with Crippen LogP contribution in [-0.2, 0) is 4.79 Å². The highest BCUT2D eigenvalue weighted by atomic mass is 16.3. The van der Waals surface area contributed by atoms with Crippen LogP contribution in [0.1, 0.15) is 117 Å². The number of aliphatic hydroxyl groups is 1. The molecule has 4 fully saturated rings. The van der Waals surface area contributed by atoms with Crippen molar-refractivity contribution in [2.24, 2.45) is 28.6 Å². The molecule has 32 heavy (non-hydrogen) atoms. The Hall–Kier alpha value is -0.610. The second kappa shape index (κ2) is 9.94. The zero-order chi connectivity index (χ0) is 22.8. The number of fused-ring (bicyclic) bond motifs is 5. The Kier molecular flexibility index (Phi) is 7.61. The Labute approximate surface area is 197 Å². The van der Waals surface area contributed by atoms with Crippen molar-refractivity contribution in [3.63, 3.8) is 0 Å². The van der Waals surface area contributed by atoms with Crippen LogP contribution in [0, 0.1) is 28.6 Å². The first-order chi connectivity index (χ1) is 15.3. The molecule has 4 heteroatoms. The van der Waals surface area contributed by atoms with E-state index in [4.69, 9.17) is 0 Å². The summed E-state index contributed by atoms with van der Waals surface area (Å²) in [5, 5.41) is 18.8. The van der Waals surface area contributed by atoms with Crippen molar-refractivity contribution in [2.75, 3.05) is 13.1 Å². The van der Waals surface area contributed by atoms with Crippen molar-refractivity contribution < 1.29 is 9.90 Å². The predicted octanol–water partition coefficient (Wildman–Crippen LogP) is 5.58. The fourth-order valence-electron chi connectivity index (χ4n) is 8.61. The summed E-state index contributed by atoms with van der Waals surface area (Å²) in [6, 6.07) is 0.373. The highest BCUT2D eigenvalue weighted by molar-refractivity contribution is 5.77. The first-order valence-corrected chi connectivity index (χ1v) is 14.1. The topological polar surface area (TPSA) is 61.4 Å². The van der Waals surface area contributed by atoms with E-state index in [1.54, 1.807) is 0 Å². The molecule has 0 aromatic rings. The van der Waals surface area contributed by atoms with Gasteiger partial charge in [-0.05, 0) is 81.1 Å². The van der Waals surface area contributed by atoms with Gasteiger partial charge in [-0.1, -0.05) is 59.3 Å². The van der Waals surface area contributed by atoms with E-state index in [-0.39, 0.29) is 16.7 Å². The van der Waals surface area contributed by atoms with Gasteiger partial charge in [-0.15, -0.1) is 0 Å². The van der Waals surface area contributed by atoms with E-state index in [0.29, 0.717) is 24.3 Å². The number of hydrogen-bond acceptors (Lipinski definition) is 3. The summed E-state index contributed by atoms with van der Waals surface area (Å²) in [6.45, 7) is 8.95. The summed E-state index contributed by atoms with van der Waals surface area (Å²) in [7, 11) is 0. The molecule has 3 aliphatic carbocycles. The maximum absolute atomic E-state index is 12.0. The number of rotatable bonds is 10. The van der Waals surface area contributed by atoms with Crippen molar-refractivity contribution in [3.05, 3.63) is 0 Å². The molecule has 3 saturated carbocycles. The van der Waals surface area contributed by atoms with Gasteiger partial charge in [-0.25, -0.2) is 0 Å². The van der Waals surface area contributed by atoms with Crippen LogP contribution in [0.25, 0.3) is 0 Å². The zero-order valence-corrected chi connectivity index (χ0v) is 21.2. The molecule has 1 saturated heterocycles. The van der Waals surface area contributed by atoms with Crippen molar-refractivity contribution >= 4 is 5.91 Å². The second-order valence-electron chi connectivity index (χ2n) is 12.4. The predicted molar refractivity (Wildman–Crippen MR) is 131 cm³/mol. The van der Waals surface area contributed by atoms with Gasteiger partial charge in [0.25, 0.3) is 0 Å². The lowest BCUT2D eigenvalue weighted by molar-refractivity contribution is -0.150. The molecule has 1 aliphatic heterocycles. The van der Waals surface area contributed by atoms with Crippen LogP contribution in [0.3, 0.4) is 0 Å². The zero-order valence-electron chi connectivity index (χ0n) is 21.2. The molecule has 4 nitrogen and oxygen atoms in total. The van der Waals surface area contributed by atoms with Gasteiger partial charge in [0.15, 0.2) is 0 Å². The minimum atomic E-state index is -0.553. The first-order valence-electron chi connectivity index (χ1n) is 14.1. The molecule has 0 aromatic carbocycles. The van der Waals surface area contributed by atoms with Gasteiger partial charge in [0.1, 0.15) is 0 Å². The summed E-state index contributed by atoms with van der Waals surface area (Å²) in [5.41, 5.74) is -0.251. The number of hydrogen-bond donors (Lipinski definition) is 3. The Bertz CT molecular complexity index is 653. The summed E-state index contributed by atoms with van der Waals surface area (Å²) < 4.78 is 0. The lowest BCUT2D eigenvalue weighted by Crippen LogP contribution is -2.62. The number of amides is 1. The maximum Gasteiger partial charge on any atom is 0.220 e. The summed E-state index contributed by atoms with van der Waals surface area (Å²) in [4.78, 5) is 12.0. The van der Waals surface area contributed by atoms with E-state index in [1.807, 2.05) is 0 Å². The van der Waals surface area contributed by atoms with Gasteiger partial charge in [0.05, 0.1) is 5.60 Å². The smallest absolute Gasteiger partial charge is 0.220 e. The molecule has 0 radical (unpaired) electrons. The molecular formula is C28H50N2O2. The number of carbonyl (C=O) groups is 1. The van der Waals surface area contributed by atoms with Crippen molar-refractivity contribution in [2.45, 2.75) is 129 Å². The van der Waals surface area contributed by atoms with Crippen molar-refractivity contribution in [1.29, 1.82) is 0 Å². The molecule has 184 valence electrons. The average Bonchev–Trinajstić information content (AvgIpc) is 3.04. The van der Waals surface area contributed by atoms with E-state index in [1.165, 1.54) is 64.2 Å². The normalized spacial score (nSPS) is 43.3. The van der Waals surface area contributed by atoms with Gasteiger partial charge >= 0.3 is 0 Å². The van der Waals surface area contributed by atoms with Gasteiger partial charge in [-0.3, -0.25) is 4.79 Å². The molecule has 3 N–H and O–H groups in total. The fourth-order valence-corrected chi connectivity index (χ4v) is 8.61. The fraction of sp³-hybridized carbons (Fsp3) is 0.964. The molecule has 0 unspecified atom stereocenters. The van der Waals surface area contributed by atoms with E-state index in [9.17, 15) is 9.90 Å². The van der Waals surface area contributed by atoms with E-state index in [2.05, 4.69) is 31.4 Å². The molecule has 4 rings (SSSR count). The quantitative estimate of drug-likeness (QED) is 0.384. The lowest BCUT2D eigenvalue weighted by Gasteiger charge is -2.61. The second-order valence-corrected chi connectivity index (χ2v) is 12.4. The Balaban J connectivity index is 1.30. The molecule has 0 aromatic heterocycles. The molecular weight excluding hydrogens is 396 g/mol. The largest absolute Gasteiger partial charge is 0.388 e. The standard InChI is InChI=1S/C28H50N2O2/c1-4-5-6-7-8-9-10-19-29-20-28(32)18-14-23-21-11-12-24-26(2,16-15-25(31)30-24)22(21)13-17-27(23,28)3/h21-24,29,32H,4-20H2,1-3H3,(H,30,31)/t21-,22+,23+,24-,26-,27+,28+/m1/s1. The van der Waals surface area contributed by atoms with Crippen LogP contribution < -0.4 is 10.6 Å². The van der Waals surface area contributed by atoms with Crippen LogP contribution in [0.5, 0.6) is 0 Å². The molecule has 1 amide bonds. The molecule has 0 spiro atoms. The third-order valence-corrected chi connectivity index (χ3v) is 10.8. The third-order valence-electron chi connectivity index (χ3n) is 10.8. The average molecular weight is 447 g/mol. The van der Waals surface area contributed by atoms with Crippen molar-refractivity contribution in [3.8, 4) is 0 Å². The minimum Gasteiger partial charge on any atom is -0.388 e.